The lowest BCUT2D eigenvalue weighted by Gasteiger charge is -2.07. The Hall–Kier alpha value is -1.35. The van der Waals surface area contributed by atoms with Crippen molar-refractivity contribution in [2.24, 2.45) is 11.5 Å². The Morgan fingerprint density at radius 2 is 2.23 bits per heavy atom. The molecule has 0 aliphatic heterocycles. The summed E-state index contributed by atoms with van der Waals surface area (Å²) in [5.41, 5.74) is 12.8. The van der Waals surface area contributed by atoms with E-state index in [0.717, 1.165) is 11.1 Å². The molecule has 0 aromatic heterocycles. The molecule has 4 N–H and O–H groups in total. The highest BCUT2D eigenvalue weighted by Gasteiger charge is 2.09. The summed E-state index contributed by atoms with van der Waals surface area (Å²) in [4.78, 5) is 10.7. The molecule has 0 saturated heterocycles. The SMILES string of the molecule is Cc1cccc(C[C@@H](N)C(N)=O)c1. The fourth-order valence-electron chi connectivity index (χ4n) is 1.19. The summed E-state index contributed by atoms with van der Waals surface area (Å²) in [5, 5.41) is 0. The van der Waals surface area contributed by atoms with E-state index in [2.05, 4.69) is 0 Å². The molecule has 3 heteroatoms. The minimum Gasteiger partial charge on any atom is -0.368 e. The molecule has 0 bridgehead atoms. The van der Waals surface area contributed by atoms with Gasteiger partial charge in [0.2, 0.25) is 5.91 Å². The highest BCUT2D eigenvalue weighted by molar-refractivity contribution is 5.79. The fraction of sp³-hybridized carbons (Fsp3) is 0.300. The molecule has 1 rings (SSSR count). The maximum Gasteiger partial charge on any atom is 0.234 e. The average molecular weight is 178 g/mol. The van der Waals surface area contributed by atoms with E-state index in [1.165, 1.54) is 0 Å². The Balaban J connectivity index is 2.69. The van der Waals surface area contributed by atoms with Crippen LogP contribution in [-0.2, 0) is 11.2 Å². The molecule has 0 saturated carbocycles. The number of carbonyl (C=O) groups is 1. The third-order valence-electron chi connectivity index (χ3n) is 1.90. The van der Waals surface area contributed by atoms with Crippen molar-refractivity contribution < 1.29 is 4.79 Å². The number of carbonyl (C=O) groups excluding carboxylic acids is 1. The van der Waals surface area contributed by atoms with Crippen LogP contribution >= 0.6 is 0 Å². The molecule has 1 aromatic rings. The molecular weight excluding hydrogens is 164 g/mol. The zero-order valence-electron chi connectivity index (χ0n) is 7.66. The average Bonchev–Trinajstić information content (AvgIpc) is 2.04. The minimum absolute atomic E-state index is 0.457. The molecule has 0 aliphatic carbocycles. The maximum absolute atomic E-state index is 10.7. The van der Waals surface area contributed by atoms with Gasteiger partial charge in [0.1, 0.15) is 0 Å². The van der Waals surface area contributed by atoms with Gasteiger partial charge in [0.15, 0.2) is 0 Å². The highest BCUT2D eigenvalue weighted by atomic mass is 16.1. The summed E-state index contributed by atoms with van der Waals surface area (Å²) in [6.07, 6.45) is 0.511. The monoisotopic (exact) mass is 178 g/mol. The molecule has 70 valence electrons. The number of primary amides is 1. The van der Waals surface area contributed by atoms with Crippen LogP contribution in [0, 0.1) is 6.92 Å². The molecule has 0 fully saturated rings. The van der Waals surface area contributed by atoms with Crippen LogP contribution in [0.15, 0.2) is 24.3 Å². The third kappa shape index (κ3) is 2.87. The maximum atomic E-state index is 10.7. The van der Waals surface area contributed by atoms with Crippen molar-refractivity contribution in [3.05, 3.63) is 35.4 Å². The van der Waals surface area contributed by atoms with E-state index in [0.29, 0.717) is 6.42 Å². The Kier molecular flexibility index (Phi) is 3.03. The zero-order chi connectivity index (χ0) is 9.84. The summed E-state index contributed by atoms with van der Waals surface area (Å²) >= 11 is 0. The molecule has 3 nitrogen and oxygen atoms in total. The summed E-state index contributed by atoms with van der Waals surface area (Å²) in [5.74, 6) is -0.457. The normalized spacial score (nSPS) is 12.5. The number of rotatable bonds is 3. The number of aryl methyl sites for hydroxylation is 1. The first-order chi connectivity index (χ1) is 6.09. The molecule has 0 heterocycles. The van der Waals surface area contributed by atoms with Gasteiger partial charge in [-0.2, -0.15) is 0 Å². The first-order valence-electron chi connectivity index (χ1n) is 4.20. The van der Waals surface area contributed by atoms with Gasteiger partial charge >= 0.3 is 0 Å². The van der Waals surface area contributed by atoms with Crippen molar-refractivity contribution in [3.8, 4) is 0 Å². The molecule has 0 spiro atoms. The van der Waals surface area contributed by atoms with Crippen molar-refractivity contribution in [3.63, 3.8) is 0 Å². The third-order valence-corrected chi connectivity index (χ3v) is 1.90. The van der Waals surface area contributed by atoms with Crippen molar-refractivity contribution in [2.75, 3.05) is 0 Å². The van der Waals surface area contributed by atoms with Crippen LogP contribution in [-0.4, -0.2) is 11.9 Å². The Morgan fingerprint density at radius 1 is 1.54 bits per heavy atom. The Bertz CT molecular complexity index is 310. The Morgan fingerprint density at radius 3 is 2.77 bits per heavy atom. The van der Waals surface area contributed by atoms with Gasteiger partial charge in [0, 0.05) is 0 Å². The van der Waals surface area contributed by atoms with Gasteiger partial charge in [0.05, 0.1) is 6.04 Å². The van der Waals surface area contributed by atoms with E-state index in [1.807, 2.05) is 31.2 Å². The lowest BCUT2D eigenvalue weighted by molar-refractivity contribution is -0.119. The van der Waals surface area contributed by atoms with Gasteiger partial charge in [-0.25, -0.2) is 0 Å². The zero-order valence-corrected chi connectivity index (χ0v) is 7.66. The second-order valence-electron chi connectivity index (χ2n) is 3.20. The van der Waals surface area contributed by atoms with Crippen LogP contribution in [0.1, 0.15) is 11.1 Å². The predicted octanol–water partition coefficient (Wildman–Crippen LogP) is 0.350. The van der Waals surface area contributed by atoms with Gasteiger partial charge in [-0.05, 0) is 18.9 Å². The second kappa shape index (κ2) is 4.05. The molecular formula is C10H14N2O. The summed E-state index contributed by atoms with van der Waals surface area (Å²) in [7, 11) is 0. The van der Waals surface area contributed by atoms with Gasteiger partial charge < -0.3 is 11.5 Å². The quantitative estimate of drug-likeness (QED) is 0.701. The molecule has 1 amide bonds. The van der Waals surface area contributed by atoms with E-state index < -0.39 is 11.9 Å². The first kappa shape index (κ1) is 9.74. The van der Waals surface area contributed by atoms with Crippen molar-refractivity contribution in [2.45, 2.75) is 19.4 Å². The van der Waals surface area contributed by atoms with Crippen molar-refractivity contribution in [1.29, 1.82) is 0 Å². The molecule has 1 atom stereocenters. The van der Waals surface area contributed by atoms with Crippen LogP contribution in [0.3, 0.4) is 0 Å². The van der Waals surface area contributed by atoms with E-state index >= 15 is 0 Å². The topological polar surface area (TPSA) is 69.1 Å². The summed E-state index contributed by atoms with van der Waals surface area (Å²) in [6, 6.07) is 7.30. The minimum atomic E-state index is -0.582. The smallest absolute Gasteiger partial charge is 0.234 e. The number of amides is 1. The van der Waals surface area contributed by atoms with E-state index in [1.54, 1.807) is 0 Å². The standard InChI is InChI=1S/C10H14N2O/c1-7-3-2-4-8(5-7)6-9(11)10(12)13/h2-5,9H,6,11H2,1H3,(H2,12,13)/t9-/m1/s1. The largest absolute Gasteiger partial charge is 0.368 e. The summed E-state index contributed by atoms with van der Waals surface area (Å²) < 4.78 is 0. The lowest BCUT2D eigenvalue weighted by atomic mass is 10.0. The number of nitrogens with two attached hydrogens (primary N) is 2. The second-order valence-corrected chi connectivity index (χ2v) is 3.20. The highest BCUT2D eigenvalue weighted by Crippen LogP contribution is 2.05. The molecule has 0 radical (unpaired) electrons. The van der Waals surface area contributed by atoms with Crippen LogP contribution in [0.5, 0.6) is 0 Å². The van der Waals surface area contributed by atoms with Crippen LogP contribution in [0.2, 0.25) is 0 Å². The Labute approximate surface area is 77.7 Å². The molecule has 1 aromatic carbocycles. The molecule has 0 aliphatic rings. The van der Waals surface area contributed by atoms with E-state index in [4.69, 9.17) is 11.5 Å². The number of benzene rings is 1. The lowest BCUT2D eigenvalue weighted by Crippen LogP contribution is -2.38. The van der Waals surface area contributed by atoms with Crippen LogP contribution in [0.4, 0.5) is 0 Å². The molecule has 0 unspecified atom stereocenters. The summed E-state index contributed by atoms with van der Waals surface area (Å²) in [6.45, 7) is 2.00. The predicted molar refractivity (Wildman–Crippen MR) is 52.1 cm³/mol. The molecule has 13 heavy (non-hydrogen) atoms. The number of hydrogen-bond acceptors (Lipinski definition) is 2. The van der Waals surface area contributed by atoms with Gasteiger partial charge in [-0.15, -0.1) is 0 Å². The van der Waals surface area contributed by atoms with E-state index in [-0.39, 0.29) is 0 Å². The van der Waals surface area contributed by atoms with E-state index in [9.17, 15) is 4.79 Å². The number of hydrogen-bond donors (Lipinski definition) is 2. The first-order valence-corrected chi connectivity index (χ1v) is 4.20. The van der Waals surface area contributed by atoms with Gasteiger partial charge in [-0.1, -0.05) is 29.8 Å². The van der Waals surface area contributed by atoms with Crippen LogP contribution < -0.4 is 11.5 Å². The van der Waals surface area contributed by atoms with Crippen molar-refractivity contribution in [1.82, 2.24) is 0 Å². The van der Waals surface area contributed by atoms with Crippen LogP contribution in [0.25, 0.3) is 0 Å². The fourth-order valence-corrected chi connectivity index (χ4v) is 1.19. The van der Waals surface area contributed by atoms with Gasteiger partial charge in [0.25, 0.3) is 0 Å². The van der Waals surface area contributed by atoms with Gasteiger partial charge in [-0.3, -0.25) is 4.79 Å². The van der Waals surface area contributed by atoms with Crippen molar-refractivity contribution >= 4 is 5.91 Å².